The Bertz CT molecular complexity index is 303. The molecule has 0 spiro atoms. The summed E-state index contributed by atoms with van der Waals surface area (Å²) in [6.07, 6.45) is 2.88. The van der Waals surface area contributed by atoms with Gasteiger partial charge in [0.15, 0.2) is 0 Å². The summed E-state index contributed by atoms with van der Waals surface area (Å²) < 4.78 is 11.2. The summed E-state index contributed by atoms with van der Waals surface area (Å²) in [5, 5.41) is 3.00. The van der Waals surface area contributed by atoms with Crippen LogP contribution in [0.15, 0.2) is 0 Å². The van der Waals surface area contributed by atoms with Crippen molar-refractivity contribution in [3.8, 4) is 0 Å². The lowest BCUT2D eigenvalue weighted by atomic mass is 9.87. The molecule has 0 aromatic heterocycles. The molecule has 0 saturated carbocycles. The van der Waals surface area contributed by atoms with Crippen LogP contribution in [-0.4, -0.2) is 33.7 Å². The van der Waals surface area contributed by atoms with E-state index >= 15 is 0 Å². The van der Waals surface area contributed by atoms with Crippen molar-refractivity contribution in [1.82, 2.24) is 5.32 Å². The summed E-state index contributed by atoms with van der Waals surface area (Å²) in [7, 11) is -0.676. The Morgan fingerprint density at radius 2 is 1.94 bits per heavy atom. The van der Waals surface area contributed by atoms with Crippen molar-refractivity contribution >= 4 is 16.7 Å². The number of rotatable bonds is 4. The molecule has 0 bridgehead atoms. The van der Waals surface area contributed by atoms with E-state index < -0.39 is 10.8 Å². The summed E-state index contributed by atoms with van der Waals surface area (Å²) in [6.45, 7) is 6.38. The van der Waals surface area contributed by atoms with E-state index in [4.69, 9.17) is 5.73 Å². The number of amides is 1. The van der Waals surface area contributed by atoms with E-state index in [1.54, 1.807) is 0 Å². The summed E-state index contributed by atoms with van der Waals surface area (Å²) in [6, 6.07) is 0.111. The van der Waals surface area contributed by atoms with Crippen molar-refractivity contribution in [3.05, 3.63) is 0 Å². The van der Waals surface area contributed by atoms with Gasteiger partial charge in [-0.3, -0.25) is 9.00 Å². The van der Waals surface area contributed by atoms with E-state index in [9.17, 15) is 9.00 Å². The van der Waals surface area contributed by atoms with Crippen molar-refractivity contribution in [2.24, 2.45) is 11.1 Å². The minimum Gasteiger partial charge on any atom is -0.353 e. The lowest BCUT2D eigenvalue weighted by Crippen LogP contribution is -2.42. The quantitative estimate of drug-likeness (QED) is 0.808. The van der Waals surface area contributed by atoms with Crippen LogP contribution in [0.25, 0.3) is 0 Å². The van der Waals surface area contributed by atoms with E-state index in [0.717, 1.165) is 19.3 Å². The third-order valence-electron chi connectivity index (χ3n) is 3.08. The maximum atomic E-state index is 11.8. The molecule has 3 N–H and O–H groups in total. The molecule has 1 atom stereocenters. The zero-order valence-electron chi connectivity index (χ0n) is 11.7. The molecule has 0 radical (unpaired) electrons. The molecule has 1 saturated heterocycles. The molecule has 0 aliphatic carbocycles. The Balaban J connectivity index is 2.27. The second kappa shape index (κ2) is 6.66. The van der Waals surface area contributed by atoms with Gasteiger partial charge >= 0.3 is 0 Å². The van der Waals surface area contributed by atoms with E-state index in [1.165, 1.54) is 0 Å². The molecule has 1 heterocycles. The van der Waals surface area contributed by atoms with Crippen molar-refractivity contribution in [3.63, 3.8) is 0 Å². The summed E-state index contributed by atoms with van der Waals surface area (Å²) in [5.74, 6) is 1.45. The molecule has 1 amide bonds. The van der Waals surface area contributed by atoms with E-state index in [0.29, 0.717) is 17.9 Å². The van der Waals surface area contributed by atoms with Crippen LogP contribution in [0.5, 0.6) is 0 Å². The van der Waals surface area contributed by atoms with E-state index in [2.05, 4.69) is 26.1 Å². The standard InChI is InChI=1S/C13H26N2O2S/c1-13(2,3)9-10(14)8-12(16)15-11-4-6-18(17)7-5-11/h10-11H,4-9,14H2,1-3H3,(H,15,16). The van der Waals surface area contributed by atoms with Gasteiger partial charge in [0, 0.05) is 40.8 Å². The van der Waals surface area contributed by atoms with Crippen LogP contribution < -0.4 is 11.1 Å². The fraction of sp³-hybridized carbons (Fsp3) is 0.923. The highest BCUT2D eigenvalue weighted by Crippen LogP contribution is 2.21. The van der Waals surface area contributed by atoms with Gasteiger partial charge in [0.25, 0.3) is 0 Å². The Hall–Kier alpha value is -0.420. The summed E-state index contributed by atoms with van der Waals surface area (Å²) in [5.41, 5.74) is 6.13. The number of nitrogens with one attached hydrogen (secondary N) is 1. The maximum absolute atomic E-state index is 11.8. The van der Waals surface area contributed by atoms with Gasteiger partial charge in [0.2, 0.25) is 5.91 Å². The minimum atomic E-state index is -0.676. The number of carbonyl (C=O) groups is 1. The molecule has 1 aliphatic heterocycles. The second-order valence-electron chi connectivity index (χ2n) is 6.42. The monoisotopic (exact) mass is 274 g/mol. The van der Waals surface area contributed by atoms with Gasteiger partial charge < -0.3 is 11.1 Å². The van der Waals surface area contributed by atoms with Gasteiger partial charge in [-0.05, 0) is 24.7 Å². The van der Waals surface area contributed by atoms with Crippen molar-refractivity contribution in [2.45, 2.75) is 58.5 Å². The highest BCUT2D eigenvalue weighted by atomic mass is 32.2. The van der Waals surface area contributed by atoms with Gasteiger partial charge in [-0.15, -0.1) is 0 Å². The van der Waals surface area contributed by atoms with Crippen molar-refractivity contribution < 1.29 is 9.00 Å². The van der Waals surface area contributed by atoms with E-state index in [1.807, 2.05) is 0 Å². The first-order valence-electron chi connectivity index (χ1n) is 6.66. The van der Waals surface area contributed by atoms with Gasteiger partial charge in [0.1, 0.15) is 0 Å². The molecular weight excluding hydrogens is 248 g/mol. The Morgan fingerprint density at radius 3 is 2.44 bits per heavy atom. The lowest BCUT2D eigenvalue weighted by Gasteiger charge is -2.25. The third kappa shape index (κ3) is 6.50. The van der Waals surface area contributed by atoms with Crippen LogP contribution in [0.3, 0.4) is 0 Å². The van der Waals surface area contributed by atoms with Crippen molar-refractivity contribution in [1.29, 1.82) is 0 Å². The maximum Gasteiger partial charge on any atom is 0.221 e. The fourth-order valence-corrected chi connectivity index (χ4v) is 3.62. The molecular formula is C13H26N2O2S. The van der Waals surface area contributed by atoms with Crippen LogP contribution >= 0.6 is 0 Å². The van der Waals surface area contributed by atoms with Gasteiger partial charge in [-0.25, -0.2) is 0 Å². The van der Waals surface area contributed by atoms with Crippen LogP contribution in [0.1, 0.15) is 46.5 Å². The average Bonchev–Trinajstić information content (AvgIpc) is 2.18. The molecule has 1 aliphatic rings. The SMILES string of the molecule is CC(C)(C)CC(N)CC(=O)NC1CCS(=O)CC1. The second-order valence-corrected chi connectivity index (χ2v) is 8.11. The van der Waals surface area contributed by atoms with Gasteiger partial charge in [-0.2, -0.15) is 0 Å². The summed E-state index contributed by atoms with van der Waals surface area (Å²) in [4.78, 5) is 11.8. The Kier molecular flexibility index (Phi) is 5.79. The van der Waals surface area contributed by atoms with E-state index in [-0.39, 0.29) is 23.4 Å². The smallest absolute Gasteiger partial charge is 0.221 e. The zero-order valence-corrected chi connectivity index (χ0v) is 12.5. The predicted octanol–water partition coefficient (Wildman–Crippen LogP) is 1.17. The largest absolute Gasteiger partial charge is 0.353 e. The molecule has 18 heavy (non-hydrogen) atoms. The lowest BCUT2D eigenvalue weighted by molar-refractivity contribution is -0.122. The molecule has 1 unspecified atom stereocenters. The average molecular weight is 274 g/mol. The highest BCUT2D eigenvalue weighted by Gasteiger charge is 2.22. The Morgan fingerprint density at radius 1 is 1.39 bits per heavy atom. The Labute approximate surface area is 113 Å². The highest BCUT2D eigenvalue weighted by molar-refractivity contribution is 7.85. The minimum absolute atomic E-state index is 0.0319. The summed E-state index contributed by atoms with van der Waals surface area (Å²) >= 11 is 0. The van der Waals surface area contributed by atoms with Crippen LogP contribution in [0.4, 0.5) is 0 Å². The molecule has 5 heteroatoms. The first-order valence-corrected chi connectivity index (χ1v) is 8.15. The van der Waals surface area contributed by atoms with Crippen LogP contribution in [-0.2, 0) is 15.6 Å². The molecule has 0 aromatic rings. The predicted molar refractivity (Wildman–Crippen MR) is 75.7 cm³/mol. The molecule has 4 nitrogen and oxygen atoms in total. The molecule has 0 aromatic carbocycles. The topological polar surface area (TPSA) is 72.2 Å². The number of carbonyl (C=O) groups excluding carboxylic acids is 1. The molecule has 1 rings (SSSR count). The normalized spacial score (nSPS) is 26.7. The number of hydrogen-bond donors (Lipinski definition) is 2. The fourth-order valence-electron chi connectivity index (χ4n) is 2.32. The number of nitrogens with two attached hydrogens (primary N) is 1. The molecule has 106 valence electrons. The van der Waals surface area contributed by atoms with Gasteiger partial charge in [0.05, 0.1) is 0 Å². The van der Waals surface area contributed by atoms with Crippen molar-refractivity contribution in [2.75, 3.05) is 11.5 Å². The molecule has 1 fully saturated rings. The third-order valence-corrected chi connectivity index (χ3v) is 4.46. The van der Waals surface area contributed by atoms with Gasteiger partial charge in [-0.1, -0.05) is 20.8 Å². The zero-order chi connectivity index (χ0) is 13.8. The number of hydrogen-bond acceptors (Lipinski definition) is 3. The van der Waals surface area contributed by atoms with Crippen LogP contribution in [0, 0.1) is 5.41 Å². The first-order chi connectivity index (χ1) is 8.26. The first kappa shape index (κ1) is 15.6. The van der Waals surface area contributed by atoms with Crippen LogP contribution in [0.2, 0.25) is 0 Å².